The van der Waals surface area contributed by atoms with Crippen LogP contribution < -0.4 is 4.74 Å². The number of aliphatic hydroxyl groups excluding tert-OH is 1. The van der Waals surface area contributed by atoms with E-state index < -0.39 is 23.8 Å². The number of carbonyl (C=O) groups is 2. The lowest BCUT2D eigenvalue weighted by Crippen LogP contribution is -2.52. The molecule has 1 amide bonds. The van der Waals surface area contributed by atoms with Crippen molar-refractivity contribution in [3.8, 4) is 5.75 Å². The monoisotopic (exact) mass is 480 g/mol. The number of aromatic carboxylic acids is 1. The molecule has 10 heteroatoms. The maximum atomic E-state index is 12.9. The third-order valence-corrected chi connectivity index (χ3v) is 5.56. The Morgan fingerprint density at radius 3 is 2.53 bits per heavy atom. The molecule has 0 aromatic heterocycles. The standard InChI is InChI=1S/C24H27F3N2O5/c25-24(26,27)19-4-1-3-17(15-19)16-20(30)10-12-28-11-2-5-22(31)29(28)13-14-34-21-8-6-18(7-9-21)23(32)33/h1,3-4,6-9,15,20,30H,2,5,10-14,16H2,(H,32,33). The molecule has 1 heterocycles. The number of carbonyl (C=O) groups excluding carboxylic acids is 1. The van der Waals surface area contributed by atoms with Gasteiger partial charge in [-0.15, -0.1) is 0 Å². The van der Waals surface area contributed by atoms with Crippen LogP contribution in [-0.4, -0.2) is 64.5 Å². The van der Waals surface area contributed by atoms with Crippen LogP contribution >= 0.6 is 0 Å². The van der Waals surface area contributed by atoms with E-state index in [0.29, 0.717) is 37.2 Å². The predicted molar refractivity (Wildman–Crippen MR) is 117 cm³/mol. The minimum atomic E-state index is -4.43. The zero-order valence-electron chi connectivity index (χ0n) is 18.5. The van der Waals surface area contributed by atoms with Crippen LogP contribution in [0.15, 0.2) is 48.5 Å². The molecule has 1 fully saturated rings. The number of alkyl halides is 3. The molecule has 0 saturated carbocycles. The molecule has 2 N–H and O–H groups in total. The fourth-order valence-electron chi connectivity index (χ4n) is 3.81. The SMILES string of the molecule is O=C(O)c1ccc(OCCN2C(=O)CCCN2CCC(O)Cc2cccc(C(F)(F)F)c2)cc1. The van der Waals surface area contributed by atoms with Crippen molar-refractivity contribution in [3.05, 3.63) is 65.2 Å². The van der Waals surface area contributed by atoms with Gasteiger partial charge in [-0.3, -0.25) is 9.80 Å². The highest BCUT2D eigenvalue weighted by atomic mass is 19.4. The van der Waals surface area contributed by atoms with Crippen molar-refractivity contribution >= 4 is 11.9 Å². The molecule has 3 rings (SSSR count). The first-order valence-electron chi connectivity index (χ1n) is 11.0. The third-order valence-electron chi connectivity index (χ3n) is 5.56. The van der Waals surface area contributed by atoms with Gasteiger partial charge in [0.1, 0.15) is 12.4 Å². The Morgan fingerprint density at radius 1 is 1.12 bits per heavy atom. The van der Waals surface area contributed by atoms with Crippen molar-refractivity contribution in [1.82, 2.24) is 10.0 Å². The lowest BCUT2D eigenvalue weighted by atomic mass is 10.0. The number of rotatable bonds is 10. The normalized spacial score (nSPS) is 15.9. The summed E-state index contributed by atoms with van der Waals surface area (Å²) in [6.07, 6.45) is -3.84. The van der Waals surface area contributed by atoms with Gasteiger partial charge in [-0.1, -0.05) is 18.2 Å². The first-order chi connectivity index (χ1) is 16.1. The maximum Gasteiger partial charge on any atom is 0.416 e. The van der Waals surface area contributed by atoms with Crippen LogP contribution in [0.5, 0.6) is 5.75 Å². The van der Waals surface area contributed by atoms with Crippen molar-refractivity contribution in [2.45, 2.75) is 38.0 Å². The number of ether oxygens (including phenoxy) is 1. The highest BCUT2D eigenvalue weighted by molar-refractivity contribution is 5.87. The van der Waals surface area contributed by atoms with Crippen LogP contribution in [0.2, 0.25) is 0 Å². The first-order valence-corrected chi connectivity index (χ1v) is 11.0. The number of amides is 1. The molecule has 1 atom stereocenters. The topological polar surface area (TPSA) is 90.3 Å². The van der Waals surface area contributed by atoms with E-state index in [4.69, 9.17) is 9.84 Å². The lowest BCUT2D eigenvalue weighted by Gasteiger charge is -2.38. The molecule has 0 aliphatic carbocycles. The molecule has 2 aromatic carbocycles. The number of carboxylic acid groups (broad SMARTS) is 1. The maximum absolute atomic E-state index is 12.9. The molecule has 1 saturated heterocycles. The van der Waals surface area contributed by atoms with Gasteiger partial charge in [0.15, 0.2) is 0 Å². The van der Waals surface area contributed by atoms with Crippen molar-refractivity contribution in [2.75, 3.05) is 26.2 Å². The van der Waals surface area contributed by atoms with Crippen molar-refractivity contribution < 1.29 is 37.7 Å². The Bertz CT molecular complexity index is 981. The first kappa shape index (κ1) is 25.5. The van der Waals surface area contributed by atoms with Crippen LogP contribution in [0.3, 0.4) is 0 Å². The Kier molecular flexibility index (Phi) is 8.51. The van der Waals surface area contributed by atoms with E-state index in [0.717, 1.165) is 12.1 Å². The van der Waals surface area contributed by atoms with E-state index in [2.05, 4.69) is 0 Å². The molecule has 34 heavy (non-hydrogen) atoms. The quantitative estimate of drug-likeness (QED) is 0.540. The van der Waals surface area contributed by atoms with Gasteiger partial charge >= 0.3 is 12.1 Å². The number of benzene rings is 2. The van der Waals surface area contributed by atoms with Crippen molar-refractivity contribution in [3.63, 3.8) is 0 Å². The Balaban J connectivity index is 1.50. The van der Waals surface area contributed by atoms with Gasteiger partial charge in [0.05, 0.1) is 23.8 Å². The molecule has 0 bridgehead atoms. The fourth-order valence-corrected chi connectivity index (χ4v) is 3.81. The second-order valence-corrected chi connectivity index (χ2v) is 8.10. The number of hydrazine groups is 1. The zero-order valence-corrected chi connectivity index (χ0v) is 18.5. The Hall–Kier alpha value is -3.11. The smallest absolute Gasteiger partial charge is 0.416 e. The van der Waals surface area contributed by atoms with Crippen LogP contribution in [-0.2, 0) is 17.4 Å². The van der Waals surface area contributed by atoms with E-state index in [1.807, 2.05) is 5.01 Å². The highest BCUT2D eigenvalue weighted by Crippen LogP contribution is 2.30. The summed E-state index contributed by atoms with van der Waals surface area (Å²) in [5.41, 5.74) is -0.202. The summed E-state index contributed by atoms with van der Waals surface area (Å²) >= 11 is 0. The van der Waals surface area contributed by atoms with Gasteiger partial charge in [0.25, 0.3) is 0 Å². The second-order valence-electron chi connectivity index (χ2n) is 8.10. The summed E-state index contributed by atoms with van der Waals surface area (Å²) in [5, 5.41) is 22.7. The lowest BCUT2D eigenvalue weighted by molar-refractivity contribution is -0.157. The molecule has 1 aliphatic rings. The molecule has 1 aliphatic heterocycles. The Morgan fingerprint density at radius 2 is 1.85 bits per heavy atom. The zero-order chi connectivity index (χ0) is 24.7. The second kappa shape index (κ2) is 11.3. The molecular formula is C24H27F3N2O5. The summed E-state index contributed by atoms with van der Waals surface area (Å²) in [4.78, 5) is 23.3. The van der Waals surface area contributed by atoms with Gasteiger partial charge in [0, 0.05) is 19.5 Å². The average Bonchev–Trinajstić information content (AvgIpc) is 2.79. The van der Waals surface area contributed by atoms with Crippen molar-refractivity contribution in [1.29, 1.82) is 0 Å². The number of nitrogens with zero attached hydrogens (tertiary/aromatic N) is 2. The fraction of sp³-hybridized carbons (Fsp3) is 0.417. The number of carboxylic acids is 1. The van der Waals surface area contributed by atoms with Crippen LogP contribution in [0.25, 0.3) is 0 Å². The van der Waals surface area contributed by atoms with Gasteiger partial charge in [-0.25, -0.2) is 9.80 Å². The van der Waals surface area contributed by atoms with Gasteiger partial charge < -0.3 is 14.9 Å². The molecular weight excluding hydrogens is 453 g/mol. The number of hydrogen-bond acceptors (Lipinski definition) is 5. The molecule has 0 spiro atoms. The summed E-state index contributed by atoms with van der Waals surface area (Å²) in [6.45, 7) is 1.47. The van der Waals surface area contributed by atoms with E-state index in [-0.39, 0.29) is 37.5 Å². The molecule has 7 nitrogen and oxygen atoms in total. The molecule has 2 aromatic rings. The van der Waals surface area contributed by atoms with Gasteiger partial charge in [-0.2, -0.15) is 13.2 Å². The highest BCUT2D eigenvalue weighted by Gasteiger charge is 2.30. The van der Waals surface area contributed by atoms with Gasteiger partial charge in [0.2, 0.25) is 5.91 Å². The summed E-state index contributed by atoms with van der Waals surface area (Å²) in [7, 11) is 0. The van der Waals surface area contributed by atoms with E-state index in [1.165, 1.54) is 18.2 Å². The van der Waals surface area contributed by atoms with Gasteiger partial charge in [-0.05, 0) is 55.2 Å². The predicted octanol–water partition coefficient (Wildman–Crippen LogP) is 3.62. The molecule has 1 unspecified atom stereocenters. The third kappa shape index (κ3) is 7.19. The van der Waals surface area contributed by atoms with Crippen molar-refractivity contribution in [2.24, 2.45) is 0 Å². The minimum absolute atomic E-state index is 0.0663. The summed E-state index contributed by atoms with van der Waals surface area (Å²) in [5.74, 6) is -0.614. The van der Waals surface area contributed by atoms with Crippen LogP contribution in [0.1, 0.15) is 40.7 Å². The van der Waals surface area contributed by atoms with Crippen LogP contribution in [0, 0.1) is 0 Å². The van der Waals surface area contributed by atoms with E-state index in [9.17, 15) is 27.9 Å². The minimum Gasteiger partial charge on any atom is -0.492 e. The molecule has 0 radical (unpaired) electrons. The number of hydrogen-bond donors (Lipinski definition) is 2. The van der Waals surface area contributed by atoms with Crippen LogP contribution in [0.4, 0.5) is 13.2 Å². The number of halogens is 3. The average molecular weight is 480 g/mol. The van der Waals surface area contributed by atoms with E-state index in [1.54, 1.807) is 23.2 Å². The van der Waals surface area contributed by atoms with E-state index >= 15 is 0 Å². The largest absolute Gasteiger partial charge is 0.492 e. The Labute approximate surface area is 195 Å². The summed E-state index contributed by atoms with van der Waals surface area (Å²) < 4.78 is 44.3. The molecule has 184 valence electrons. The summed E-state index contributed by atoms with van der Waals surface area (Å²) in [6, 6.07) is 10.9. The number of aliphatic hydroxyl groups is 1.